The summed E-state index contributed by atoms with van der Waals surface area (Å²) in [6.45, 7) is 8.95. The van der Waals surface area contributed by atoms with Gasteiger partial charge in [-0.25, -0.2) is 5.10 Å². The van der Waals surface area contributed by atoms with E-state index in [1.807, 2.05) is 0 Å². The number of H-pyrrole nitrogens is 1. The first-order valence-corrected chi connectivity index (χ1v) is 4.80. The molecule has 1 heterocycles. The smallest absolute Gasteiger partial charge is 0.243 e. The molecule has 0 saturated heterocycles. The lowest BCUT2D eigenvalue weighted by Gasteiger charge is -2.02. The molecule has 1 aromatic rings. The van der Waals surface area contributed by atoms with Gasteiger partial charge in [0.15, 0.2) is 0 Å². The molecule has 1 saturated carbocycles. The largest absolute Gasteiger partial charge is 0.368 e. The minimum Gasteiger partial charge on any atom is -0.368 e. The van der Waals surface area contributed by atoms with Crippen LogP contribution in [0.5, 0.6) is 0 Å². The van der Waals surface area contributed by atoms with Gasteiger partial charge in [0.2, 0.25) is 11.9 Å². The fourth-order valence-electron chi connectivity index (χ4n) is 2.03. The van der Waals surface area contributed by atoms with Gasteiger partial charge in [-0.05, 0) is 10.8 Å². The maximum atomic E-state index is 5.44. The van der Waals surface area contributed by atoms with E-state index in [0.717, 1.165) is 0 Å². The highest BCUT2D eigenvalue weighted by atomic mass is 15.3. The number of anilines is 2. The normalized spacial score (nSPS) is 23.4. The Hall–Kier alpha value is -1.26. The third-order valence-corrected chi connectivity index (χ3v) is 3.80. The van der Waals surface area contributed by atoms with Gasteiger partial charge in [0.25, 0.3) is 0 Å². The molecule has 14 heavy (non-hydrogen) atoms. The van der Waals surface area contributed by atoms with Crippen molar-refractivity contribution in [1.29, 1.82) is 0 Å². The summed E-state index contributed by atoms with van der Waals surface area (Å²) in [5.74, 6) is 0.940. The van der Waals surface area contributed by atoms with Crippen molar-refractivity contribution in [2.75, 3.05) is 11.1 Å². The van der Waals surface area contributed by atoms with Crippen molar-refractivity contribution in [3.63, 3.8) is 0 Å². The molecular weight excluding hydrogens is 178 g/mol. The van der Waals surface area contributed by atoms with Crippen molar-refractivity contribution in [2.24, 2.45) is 10.8 Å². The monoisotopic (exact) mass is 195 g/mol. The Morgan fingerprint density at radius 1 is 1.29 bits per heavy atom. The fourth-order valence-corrected chi connectivity index (χ4v) is 2.03. The topological polar surface area (TPSA) is 79.6 Å². The van der Waals surface area contributed by atoms with Crippen molar-refractivity contribution in [3.8, 4) is 0 Å². The van der Waals surface area contributed by atoms with Crippen LogP contribution in [0.15, 0.2) is 0 Å². The van der Waals surface area contributed by atoms with Crippen LogP contribution in [-0.4, -0.2) is 21.2 Å². The molecule has 0 aromatic carbocycles. The maximum absolute atomic E-state index is 5.44. The second kappa shape index (κ2) is 2.40. The second-order valence-corrected chi connectivity index (χ2v) is 5.06. The predicted octanol–water partition coefficient (Wildman–Crippen LogP) is 1.23. The van der Waals surface area contributed by atoms with Crippen molar-refractivity contribution in [2.45, 2.75) is 33.7 Å². The van der Waals surface area contributed by atoms with Crippen LogP contribution >= 0.6 is 0 Å². The van der Waals surface area contributed by atoms with E-state index in [2.05, 4.69) is 48.2 Å². The Bertz CT molecular complexity index is 338. The van der Waals surface area contributed by atoms with E-state index in [4.69, 9.17) is 5.73 Å². The minimum atomic E-state index is 0.280. The summed E-state index contributed by atoms with van der Waals surface area (Å²) in [6.07, 6.45) is 0. The van der Waals surface area contributed by atoms with E-state index in [1.54, 1.807) is 0 Å². The molecular formula is C9H17N5. The Kier molecular flexibility index (Phi) is 1.60. The number of aromatic nitrogens is 3. The van der Waals surface area contributed by atoms with Crippen LogP contribution < -0.4 is 11.1 Å². The van der Waals surface area contributed by atoms with Crippen LogP contribution in [-0.2, 0) is 0 Å². The van der Waals surface area contributed by atoms with E-state index in [0.29, 0.717) is 17.9 Å². The maximum Gasteiger partial charge on any atom is 0.243 e. The molecule has 0 atom stereocenters. The van der Waals surface area contributed by atoms with Gasteiger partial charge >= 0.3 is 0 Å². The summed E-state index contributed by atoms with van der Waals surface area (Å²) < 4.78 is 0. The quantitative estimate of drug-likeness (QED) is 0.663. The molecule has 0 bridgehead atoms. The molecule has 0 unspecified atom stereocenters. The van der Waals surface area contributed by atoms with Gasteiger partial charge in [-0.1, -0.05) is 27.7 Å². The predicted molar refractivity (Wildman–Crippen MR) is 55.8 cm³/mol. The summed E-state index contributed by atoms with van der Waals surface area (Å²) in [4.78, 5) is 4.02. The standard InChI is InChI=1S/C9H17N5/c1-8(2)5(9(8,3)4)11-7-12-6(10)13-14-7/h5H,1-4H3,(H4,10,11,12,13,14). The lowest BCUT2D eigenvalue weighted by atomic mass is 10.0. The molecule has 0 radical (unpaired) electrons. The van der Waals surface area contributed by atoms with Crippen LogP contribution in [0.2, 0.25) is 0 Å². The zero-order valence-corrected chi connectivity index (χ0v) is 9.05. The zero-order valence-electron chi connectivity index (χ0n) is 9.05. The van der Waals surface area contributed by atoms with Gasteiger partial charge in [0.05, 0.1) is 0 Å². The van der Waals surface area contributed by atoms with Crippen LogP contribution in [0.3, 0.4) is 0 Å². The molecule has 0 aliphatic heterocycles. The highest BCUT2D eigenvalue weighted by molar-refractivity contribution is 5.38. The van der Waals surface area contributed by atoms with E-state index < -0.39 is 0 Å². The minimum absolute atomic E-state index is 0.280. The molecule has 1 aliphatic rings. The average molecular weight is 195 g/mol. The lowest BCUT2D eigenvalue weighted by Crippen LogP contribution is -2.11. The van der Waals surface area contributed by atoms with Crippen LogP contribution in [0.4, 0.5) is 11.9 Å². The first-order valence-electron chi connectivity index (χ1n) is 4.80. The van der Waals surface area contributed by atoms with Crippen LogP contribution in [0.25, 0.3) is 0 Å². The second-order valence-electron chi connectivity index (χ2n) is 5.06. The third kappa shape index (κ3) is 1.08. The molecule has 0 amide bonds. The molecule has 0 spiro atoms. The summed E-state index contributed by atoms with van der Waals surface area (Å²) >= 11 is 0. The number of hydrogen-bond acceptors (Lipinski definition) is 4. The molecule has 4 N–H and O–H groups in total. The third-order valence-electron chi connectivity index (χ3n) is 3.80. The molecule has 5 heteroatoms. The van der Waals surface area contributed by atoms with Gasteiger partial charge in [-0.2, -0.15) is 4.98 Å². The number of nitrogen functional groups attached to an aromatic ring is 1. The molecule has 1 fully saturated rings. The Balaban J connectivity index is 2.08. The van der Waals surface area contributed by atoms with Gasteiger partial charge in [-0.15, -0.1) is 5.10 Å². The highest BCUT2D eigenvalue weighted by Crippen LogP contribution is 2.63. The van der Waals surface area contributed by atoms with E-state index in [-0.39, 0.29) is 10.8 Å². The molecule has 1 aliphatic carbocycles. The SMILES string of the molecule is CC1(C)C(Nc2n[nH]c(N)n2)C1(C)C. The van der Waals surface area contributed by atoms with Crippen LogP contribution in [0, 0.1) is 10.8 Å². The number of rotatable bonds is 2. The Labute approximate surface area is 83.5 Å². The van der Waals surface area contributed by atoms with Gasteiger partial charge in [0.1, 0.15) is 0 Å². The molecule has 5 nitrogen and oxygen atoms in total. The van der Waals surface area contributed by atoms with E-state index in [1.165, 1.54) is 0 Å². The van der Waals surface area contributed by atoms with Crippen LogP contribution in [0.1, 0.15) is 27.7 Å². The lowest BCUT2D eigenvalue weighted by molar-refractivity contribution is 0.457. The summed E-state index contributed by atoms with van der Waals surface area (Å²) in [6, 6.07) is 0.408. The summed E-state index contributed by atoms with van der Waals surface area (Å²) in [7, 11) is 0. The number of aromatic amines is 1. The number of nitrogens with two attached hydrogens (primary N) is 1. The number of hydrogen-bond donors (Lipinski definition) is 3. The van der Waals surface area contributed by atoms with Crippen molar-refractivity contribution in [3.05, 3.63) is 0 Å². The average Bonchev–Trinajstić information content (AvgIpc) is 2.47. The van der Waals surface area contributed by atoms with Crippen molar-refractivity contribution >= 4 is 11.9 Å². The highest BCUT2D eigenvalue weighted by Gasteiger charge is 2.65. The van der Waals surface area contributed by atoms with E-state index >= 15 is 0 Å². The Morgan fingerprint density at radius 2 is 1.86 bits per heavy atom. The molecule has 1 aromatic heterocycles. The first-order chi connectivity index (χ1) is 6.35. The van der Waals surface area contributed by atoms with Gasteiger partial charge in [-0.3, -0.25) is 0 Å². The zero-order chi connectivity index (χ0) is 10.6. The van der Waals surface area contributed by atoms with Crippen molar-refractivity contribution in [1.82, 2.24) is 15.2 Å². The van der Waals surface area contributed by atoms with Gasteiger partial charge in [0, 0.05) is 6.04 Å². The van der Waals surface area contributed by atoms with E-state index in [9.17, 15) is 0 Å². The fraction of sp³-hybridized carbons (Fsp3) is 0.778. The molecule has 78 valence electrons. The number of nitrogens with one attached hydrogen (secondary N) is 2. The summed E-state index contributed by atoms with van der Waals surface area (Å²) in [5, 5.41) is 9.85. The Morgan fingerprint density at radius 3 is 2.21 bits per heavy atom. The first kappa shape index (κ1) is 9.30. The summed E-state index contributed by atoms with van der Waals surface area (Å²) in [5.41, 5.74) is 6.00. The van der Waals surface area contributed by atoms with Crippen molar-refractivity contribution < 1.29 is 0 Å². The molecule has 2 rings (SSSR count). The number of nitrogens with zero attached hydrogens (tertiary/aromatic N) is 2. The van der Waals surface area contributed by atoms with Gasteiger partial charge < -0.3 is 11.1 Å².